The highest BCUT2D eigenvalue weighted by atomic mass is 28.3. The fourth-order valence-corrected chi connectivity index (χ4v) is 6.34. The average Bonchev–Trinajstić information content (AvgIpc) is 2.58. The molecule has 0 aliphatic heterocycles. The molecule has 0 saturated carbocycles. The molecule has 0 aliphatic carbocycles. The number of furan rings is 1. The van der Waals surface area contributed by atoms with Crippen LogP contribution in [0.2, 0.25) is 18.1 Å². The molecule has 0 fully saturated rings. The zero-order chi connectivity index (χ0) is 12.3. The first-order valence-corrected chi connectivity index (χ1v) is 8.74. The largest absolute Gasteiger partial charge is 0.470 e. The molecule has 0 atom stereocenters. The van der Waals surface area contributed by atoms with Crippen molar-refractivity contribution in [2.45, 2.75) is 52.8 Å². The van der Waals surface area contributed by atoms with Gasteiger partial charge in [0.1, 0.15) is 13.8 Å². The predicted molar refractivity (Wildman–Crippen MR) is 70.4 cm³/mol. The molecular formula is C13H22O2Si. The first-order chi connectivity index (χ1) is 7.56. The van der Waals surface area contributed by atoms with Crippen molar-refractivity contribution in [3.63, 3.8) is 0 Å². The Labute approximate surface area is 99.1 Å². The van der Waals surface area contributed by atoms with Crippen molar-refractivity contribution in [2.24, 2.45) is 0 Å². The van der Waals surface area contributed by atoms with Crippen molar-refractivity contribution in [3.8, 4) is 0 Å². The zero-order valence-corrected chi connectivity index (χ0v) is 12.0. The van der Waals surface area contributed by atoms with E-state index in [1.165, 1.54) is 18.1 Å². The molecule has 1 aromatic heterocycles. The van der Waals surface area contributed by atoms with Crippen LogP contribution in [0.3, 0.4) is 0 Å². The molecule has 1 rings (SSSR count). The molecule has 0 radical (unpaired) electrons. The molecule has 3 heteroatoms. The SMILES string of the molecule is CC[Si](CC)(CC)c1oc(C)c(C=O)c1C. The normalized spacial score (nSPS) is 11.8. The number of hydrogen-bond donors (Lipinski definition) is 0. The van der Waals surface area contributed by atoms with Crippen LogP contribution in [0.5, 0.6) is 0 Å². The van der Waals surface area contributed by atoms with E-state index < -0.39 is 8.07 Å². The van der Waals surface area contributed by atoms with Gasteiger partial charge in [0.15, 0.2) is 6.29 Å². The summed E-state index contributed by atoms with van der Waals surface area (Å²) in [6, 6.07) is 3.56. The van der Waals surface area contributed by atoms with Gasteiger partial charge in [-0.25, -0.2) is 0 Å². The number of aldehydes is 1. The Morgan fingerprint density at radius 1 is 1.12 bits per heavy atom. The van der Waals surface area contributed by atoms with Crippen LogP contribution in [-0.4, -0.2) is 14.4 Å². The summed E-state index contributed by atoms with van der Waals surface area (Å²) in [6.45, 7) is 10.7. The van der Waals surface area contributed by atoms with Gasteiger partial charge in [0.05, 0.1) is 10.9 Å². The zero-order valence-electron chi connectivity index (χ0n) is 11.0. The van der Waals surface area contributed by atoms with Gasteiger partial charge in [-0.1, -0.05) is 38.9 Å². The summed E-state index contributed by atoms with van der Waals surface area (Å²) in [4.78, 5) is 11.0. The quantitative estimate of drug-likeness (QED) is 0.581. The summed E-state index contributed by atoms with van der Waals surface area (Å²) in [5, 5.41) is 1.15. The highest BCUT2D eigenvalue weighted by Crippen LogP contribution is 2.25. The minimum absolute atomic E-state index is 0.766. The lowest BCUT2D eigenvalue weighted by Gasteiger charge is -2.26. The van der Waals surface area contributed by atoms with E-state index in [4.69, 9.17) is 4.42 Å². The first-order valence-electron chi connectivity index (χ1n) is 6.11. The van der Waals surface area contributed by atoms with Gasteiger partial charge in [-0.15, -0.1) is 0 Å². The molecule has 0 spiro atoms. The van der Waals surface area contributed by atoms with Crippen LogP contribution in [-0.2, 0) is 0 Å². The summed E-state index contributed by atoms with van der Waals surface area (Å²) in [5.41, 5.74) is 1.85. The molecule has 0 amide bonds. The maximum atomic E-state index is 11.0. The second-order valence-electron chi connectivity index (χ2n) is 4.48. The molecule has 16 heavy (non-hydrogen) atoms. The Bertz CT molecular complexity index is 367. The summed E-state index contributed by atoms with van der Waals surface area (Å²) in [5.74, 6) is 0.787. The van der Waals surface area contributed by atoms with E-state index in [2.05, 4.69) is 20.8 Å². The Morgan fingerprint density at radius 3 is 1.94 bits per heavy atom. The Morgan fingerprint density at radius 2 is 1.62 bits per heavy atom. The molecule has 0 saturated heterocycles. The van der Waals surface area contributed by atoms with Crippen LogP contribution in [0.25, 0.3) is 0 Å². The van der Waals surface area contributed by atoms with Gasteiger partial charge in [0.25, 0.3) is 0 Å². The summed E-state index contributed by atoms with van der Waals surface area (Å²) < 4.78 is 5.90. The van der Waals surface area contributed by atoms with E-state index in [1.807, 2.05) is 13.8 Å². The maximum Gasteiger partial charge on any atom is 0.153 e. The third-order valence-electron chi connectivity index (χ3n) is 4.01. The highest BCUT2D eigenvalue weighted by Gasteiger charge is 2.35. The molecule has 0 N–H and O–H groups in total. The fourth-order valence-electron chi connectivity index (χ4n) is 2.58. The minimum atomic E-state index is -1.49. The molecule has 0 aliphatic rings. The van der Waals surface area contributed by atoms with Crippen LogP contribution >= 0.6 is 0 Å². The molecule has 90 valence electrons. The maximum absolute atomic E-state index is 11.0. The van der Waals surface area contributed by atoms with Gasteiger partial charge in [-0.2, -0.15) is 0 Å². The lowest BCUT2D eigenvalue weighted by atomic mass is 10.2. The molecule has 0 unspecified atom stereocenters. The van der Waals surface area contributed by atoms with Crippen LogP contribution in [0, 0.1) is 13.8 Å². The number of hydrogen-bond acceptors (Lipinski definition) is 2. The minimum Gasteiger partial charge on any atom is -0.470 e. The fraction of sp³-hybridized carbons (Fsp3) is 0.615. The third-order valence-corrected chi connectivity index (χ3v) is 9.51. The van der Waals surface area contributed by atoms with E-state index in [0.29, 0.717) is 0 Å². The molecule has 0 bridgehead atoms. The topological polar surface area (TPSA) is 30.2 Å². The van der Waals surface area contributed by atoms with Gasteiger partial charge in [-0.3, -0.25) is 4.79 Å². The molecule has 0 aromatic carbocycles. The van der Waals surface area contributed by atoms with Crippen LogP contribution < -0.4 is 5.38 Å². The highest BCUT2D eigenvalue weighted by molar-refractivity contribution is 6.91. The van der Waals surface area contributed by atoms with Gasteiger partial charge < -0.3 is 4.42 Å². The standard InChI is InChI=1S/C13H22O2Si/c1-6-16(7-2,8-3)13-10(4)12(9-14)11(5)15-13/h9H,6-8H2,1-5H3. The smallest absolute Gasteiger partial charge is 0.153 e. The first kappa shape index (κ1) is 13.2. The van der Waals surface area contributed by atoms with Crippen LogP contribution in [0.4, 0.5) is 0 Å². The Kier molecular flexibility index (Phi) is 4.13. The molecule has 2 nitrogen and oxygen atoms in total. The number of aryl methyl sites for hydroxylation is 1. The van der Waals surface area contributed by atoms with E-state index in [9.17, 15) is 4.79 Å². The number of carbonyl (C=O) groups excluding carboxylic acids is 1. The van der Waals surface area contributed by atoms with E-state index in [0.717, 1.165) is 28.6 Å². The second-order valence-corrected chi connectivity index (χ2v) is 9.62. The van der Waals surface area contributed by atoms with Gasteiger partial charge in [0.2, 0.25) is 0 Å². The van der Waals surface area contributed by atoms with Gasteiger partial charge in [0, 0.05) is 0 Å². The second kappa shape index (κ2) is 5.00. The van der Waals surface area contributed by atoms with E-state index in [-0.39, 0.29) is 0 Å². The van der Waals surface area contributed by atoms with Crippen LogP contribution in [0.15, 0.2) is 4.42 Å². The van der Waals surface area contributed by atoms with Gasteiger partial charge >= 0.3 is 0 Å². The van der Waals surface area contributed by atoms with Crippen molar-refractivity contribution in [3.05, 3.63) is 16.9 Å². The van der Waals surface area contributed by atoms with Crippen molar-refractivity contribution < 1.29 is 9.21 Å². The number of rotatable bonds is 5. The lowest BCUT2D eigenvalue weighted by molar-refractivity contribution is 0.112. The van der Waals surface area contributed by atoms with Gasteiger partial charge in [-0.05, 0) is 19.4 Å². The van der Waals surface area contributed by atoms with Crippen molar-refractivity contribution in [1.29, 1.82) is 0 Å². The average molecular weight is 238 g/mol. The molecule has 1 heterocycles. The predicted octanol–water partition coefficient (Wildman–Crippen LogP) is 3.42. The molecule has 1 aromatic rings. The Hall–Kier alpha value is -0.833. The third kappa shape index (κ3) is 1.88. The summed E-state index contributed by atoms with van der Waals surface area (Å²) in [6.07, 6.45) is 0.928. The summed E-state index contributed by atoms with van der Waals surface area (Å²) in [7, 11) is -1.49. The van der Waals surface area contributed by atoms with Crippen molar-refractivity contribution in [1.82, 2.24) is 0 Å². The van der Waals surface area contributed by atoms with E-state index in [1.54, 1.807) is 0 Å². The van der Waals surface area contributed by atoms with Crippen LogP contribution in [0.1, 0.15) is 42.5 Å². The Balaban J connectivity index is 3.36. The monoisotopic (exact) mass is 238 g/mol. The van der Waals surface area contributed by atoms with Crippen molar-refractivity contribution in [2.75, 3.05) is 0 Å². The molecular weight excluding hydrogens is 216 g/mol. The summed E-state index contributed by atoms with van der Waals surface area (Å²) >= 11 is 0. The van der Waals surface area contributed by atoms with E-state index >= 15 is 0 Å². The number of carbonyl (C=O) groups is 1. The van der Waals surface area contributed by atoms with Crippen molar-refractivity contribution >= 4 is 19.7 Å². The lowest BCUT2D eigenvalue weighted by Crippen LogP contribution is -2.46.